The summed E-state index contributed by atoms with van der Waals surface area (Å²) in [6.45, 7) is 4.07. The summed E-state index contributed by atoms with van der Waals surface area (Å²) in [6, 6.07) is 6.06. The first kappa shape index (κ1) is 7.22. The highest BCUT2D eigenvalue weighted by Crippen LogP contribution is 2.14. The van der Waals surface area contributed by atoms with Crippen molar-refractivity contribution in [1.82, 2.24) is 9.97 Å². The number of rotatable bonds is 0. The molecule has 0 N–H and O–H groups in total. The number of aryl methyl sites for hydroxylation is 2. The van der Waals surface area contributed by atoms with E-state index in [1.165, 1.54) is 5.56 Å². The SMILES string of the molecule is Cc1cc(C)c2cccnc2n1. The zero-order valence-electron chi connectivity index (χ0n) is 7.20. The van der Waals surface area contributed by atoms with Gasteiger partial charge in [0.1, 0.15) is 0 Å². The molecule has 60 valence electrons. The van der Waals surface area contributed by atoms with E-state index in [1.807, 2.05) is 19.1 Å². The van der Waals surface area contributed by atoms with E-state index in [-0.39, 0.29) is 0 Å². The molecule has 0 amide bonds. The van der Waals surface area contributed by atoms with Gasteiger partial charge in [-0.15, -0.1) is 0 Å². The summed E-state index contributed by atoms with van der Waals surface area (Å²) in [5.74, 6) is 0. The molecule has 2 aromatic heterocycles. The van der Waals surface area contributed by atoms with Crippen LogP contribution >= 0.6 is 0 Å². The largest absolute Gasteiger partial charge is 0.237 e. The Hall–Kier alpha value is -1.44. The predicted octanol–water partition coefficient (Wildman–Crippen LogP) is 2.25. The van der Waals surface area contributed by atoms with Crippen LogP contribution in [0.5, 0.6) is 0 Å². The van der Waals surface area contributed by atoms with Crippen molar-refractivity contribution < 1.29 is 0 Å². The van der Waals surface area contributed by atoms with Crippen LogP contribution in [0.1, 0.15) is 11.3 Å². The van der Waals surface area contributed by atoms with Crippen molar-refractivity contribution >= 4 is 11.0 Å². The van der Waals surface area contributed by atoms with Crippen molar-refractivity contribution in [3.05, 3.63) is 35.7 Å². The summed E-state index contributed by atoms with van der Waals surface area (Å²) < 4.78 is 0. The van der Waals surface area contributed by atoms with E-state index in [9.17, 15) is 0 Å². The van der Waals surface area contributed by atoms with Crippen molar-refractivity contribution in [2.45, 2.75) is 13.8 Å². The van der Waals surface area contributed by atoms with Crippen LogP contribution in [-0.2, 0) is 0 Å². The fourth-order valence-corrected chi connectivity index (χ4v) is 1.38. The summed E-state index contributed by atoms with van der Waals surface area (Å²) in [6.07, 6.45) is 1.77. The second-order valence-electron chi connectivity index (χ2n) is 2.96. The van der Waals surface area contributed by atoms with Crippen LogP contribution in [0.2, 0.25) is 0 Å². The number of hydrogen-bond donors (Lipinski definition) is 0. The van der Waals surface area contributed by atoms with E-state index in [1.54, 1.807) is 6.20 Å². The first-order valence-corrected chi connectivity index (χ1v) is 3.96. The van der Waals surface area contributed by atoms with Crippen molar-refractivity contribution in [2.24, 2.45) is 0 Å². The van der Waals surface area contributed by atoms with Crippen LogP contribution < -0.4 is 0 Å². The molecule has 0 unspecified atom stereocenters. The fraction of sp³-hybridized carbons (Fsp3) is 0.200. The van der Waals surface area contributed by atoms with Gasteiger partial charge in [-0.1, -0.05) is 0 Å². The third-order valence-corrected chi connectivity index (χ3v) is 1.92. The predicted molar refractivity (Wildman–Crippen MR) is 49.0 cm³/mol. The number of aromatic nitrogens is 2. The molecule has 2 aromatic rings. The summed E-state index contributed by atoms with van der Waals surface area (Å²) in [7, 11) is 0. The average molecular weight is 158 g/mol. The Morgan fingerprint density at radius 3 is 2.92 bits per heavy atom. The number of fused-ring (bicyclic) bond motifs is 1. The number of pyridine rings is 2. The maximum Gasteiger partial charge on any atom is 0.159 e. The molecule has 2 heteroatoms. The second kappa shape index (κ2) is 2.55. The Morgan fingerprint density at radius 2 is 2.08 bits per heavy atom. The van der Waals surface area contributed by atoms with Gasteiger partial charge in [0.05, 0.1) is 0 Å². The van der Waals surface area contributed by atoms with Crippen LogP contribution in [0.3, 0.4) is 0 Å². The van der Waals surface area contributed by atoms with Gasteiger partial charge in [-0.2, -0.15) is 0 Å². The minimum atomic E-state index is 0.843. The van der Waals surface area contributed by atoms with Gasteiger partial charge in [0.2, 0.25) is 0 Å². The molecule has 0 atom stereocenters. The maximum absolute atomic E-state index is 4.33. The van der Waals surface area contributed by atoms with E-state index in [0.717, 1.165) is 16.7 Å². The van der Waals surface area contributed by atoms with E-state index in [0.29, 0.717) is 0 Å². The van der Waals surface area contributed by atoms with Gasteiger partial charge in [0.25, 0.3) is 0 Å². The normalized spacial score (nSPS) is 10.5. The molecule has 0 aliphatic heterocycles. The molecular weight excluding hydrogens is 148 g/mol. The maximum atomic E-state index is 4.33. The van der Waals surface area contributed by atoms with Crippen molar-refractivity contribution in [1.29, 1.82) is 0 Å². The van der Waals surface area contributed by atoms with Crippen LogP contribution in [0.15, 0.2) is 24.4 Å². The van der Waals surface area contributed by atoms with Crippen molar-refractivity contribution in [2.75, 3.05) is 0 Å². The Balaban J connectivity index is 2.89. The molecule has 0 aliphatic carbocycles. The van der Waals surface area contributed by atoms with Crippen LogP contribution in [0.4, 0.5) is 0 Å². The Morgan fingerprint density at radius 1 is 1.25 bits per heavy atom. The quantitative estimate of drug-likeness (QED) is 0.587. The van der Waals surface area contributed by atoms with Crippen LogP contribution in [0, 0.1) is 13.8 Å². The van der Waals surface area contributed by atoms with Gasteiger partial charge in [0.15, 0.2) is 5.65 Å². The standard InChI is InChI=1S/C10H10N2/c1-7-6-8(2)12-10-9(7)4-3-5-11-10/h3-6H,1-2H3. The summed E-state index contributed by atoms with van der Waals surface area (Å²) >= 11 is 0. The Bertz CT molecular complexity index is 421. The summed E-state index contributed by atoms with van der Waals surface area (Å²) in [5, 5.41) is 1.14. The average Bonchev–Trinajstić information content (AvgIpc) is 2.04. The molecule has 2 heterocycles. The van der Waals surface area contributed by atoms with Crippen molar-refractivity contribution in [3.8, 4) is 0 Å². The molecule has 0 radical (unpaired) electrons. The first-order valence-electron chi connectivity index (χ1n) is 3.96. The molecule has 0 fully saturated rings. The van der Waals surface area contributed by atoms with E-state index < -0.39 is 0 Å². The Kier molecular flexibility index (Phi) is 1.54. The second-order valence-corrected chi connectivity index (χ2v) is 2.96. The van der Waals surface area contributed by atoms with Gasteiger partial charge in [0, 0.05) is 17.3 Å². The van der Waals surface area contributed by atoms with Gasteiger partial charge in [-0.05, 0) is 37.6 Å². The molecule has 0 aromatic carbocycles. The lowest BCUT2D eigenvalue weighted by molar-refractivity contribution is 1.19. The monoisotopic (exact) mass is 158 g/mol. The molecule has 0 aliphatic rings. The minimum Gasteiger partial charge on any atom is -0.237 e. The molecule has 2 nitrogen and oxygen atoms in total. The molecule has 0 bridgehead atoms. The summed E-state index contributed by atoms with van der Waals surface area (Å²) in [4.78, 5) is 8.52. The Labute approximate surface area is 71.3 Å². The molecule has 0 saturated heterocycles. The zero-order chi connectivity index (χ0) is 8.55. The van der Waals surface area contributed by atoms with Gasteiger partial charge < -0.3 is 0 Å². The third-order valence-electron chi connectivity index (χ3n) is 1.92. The molecule has 0 saturated carbocycles. The lowest BCUT2D eigenvalue weighted by Gasteiger charge is -2.00. The van der Waals surface area contributed by atoms with E-state index in [4.69, 9.17) is 0 Å². The molecule has 12 heavy (non-hydrogen) atoms. The van der Waals surface area contributed by atoms with Crippen molar-refractivity contribution in [3.63, 3.8) is 0 Å². The van der Waals surface area contributed by atoms with E-state index in [2.05, 4.69) is 23.0 Å². The topological polar surface area (TPSA) is 25.8 Å². The van der Waals surface area contributed by atoms with Gasteiger partial charge in [-0.3, -0.25) is 0 Å². The first-order chi connectivity index (χ1) is 5.77. The van der Waals surface area contributed by atoms with Gasteiger partial charge >= 0.3 is 0 Å². The highest BCUT2D eigenvalue weighted by molar-refractivity contribution is 5.78. The van der Waals surface area contributed by atoms with Crippen LogP contribution in [-0.4, -0.2) is 9.97 Å². The van der Waals surface area contributed by atoms with Crippen LogP contribution in [0.25, 0.3) is 11.0 Å². The highest BCUT2D eigenvalue weighted by Gasteiger charge is 1.98. The zero-order valence-corrected chi connectivity index (χ0v) is 7.20. The number of hydrogen-bond acceptors (Lipinski definition) is 2. The fourth-order valence-electron chi connectivity index (χ4n) is 1.38. The smallest absolute Gasteiger partial charge is 0.159 e. The van der Waals surface area contributed by atoms with Gasteiger partial charge in [-0.25, -0.2) is 9.97 Å². The molecule has 0 spiro atoms. The summed E-state index contributed by atoms with van der Waals surface area (Å²) in [5.41, 5.74) is 3.11. The van der Waals surface area contributed by atoms with E-state index >= 15 is 0 Å². The lowest BCUT2D eigenvalue weighted by Crippen LogP contribution is -1.88. The molecule has 2 rings (SSSR count). The lowest BCUT2D eigenvalue weighted by atomic mass is 10.1. The highest BCUT2D eigenvalue weighted by atomic mass is 14.8. The minimum absolute atomic E-state index is 0.843. The number of nitrogens with zero attached hydrogens (tertiary/aromatic N) is 2. The molecular formula is C10H10N2. The third kappa shape index (κ3) is 1.05.